The van der Waals surface area contributed by atoms with Crippen LogP contribution >= 0.6 is 0 Å². The molecule has 2 atom stereocenters. The summed E-state index contributed by atoms with van der Waals surface area (Å²) in [5, 5.41) is 0. The summed E-state index contributed by atoms with van der Waals surface area (Å²) in [6.07, 6.45) is 7.58. The van der Waals surface area contributed by atoms with Crippen molar-refractivity contribution in [3.8, 4) is 5.75 Å². The van der Waals surface area contributed by atoms with Crippen molar-refractivity contribution >= 4 is 0 Å². The molecule has 1 saturated carbocycles. The van der Waals surface area contributed by atoms with Gasteiger partial charge in [0, 0.05) is 0 Å². The number of benzene rings is 1. The first-order valence-corrected chi connectivity index (χ1v) is 7.78. The van der Waals surface area contributed by atoms with Crippen molar-refractivity contribution in [1.29, 1.82) is 0 Å². The molecule has 0 spiro atoms. The third-order valence-corrected chi connectivity index (χ3v) is 4.24. The number of nitrogens with two attached hydrogens (primary N) is 1. The minimum absolute atomic E-state index is 0.584. The first-order chi connectivity index (χ1) is 9.36. The predicted octanol–water partition coefficient (Wildman–Crippen LogP) is 4.10. The molecule has 1 aliphatic carbocycles. The van der Waals surface area contributed by atoms with Gasteiger partial charge in [-0.2, -0.15) is 0 Å². The molecular formula is C17H27NO. The van der Waals surface area contributed by atoms with Crippen LogP contribution < -0.4 is 10.5 Å². The standard InChI is InChI=1S/C17H27NO/c1-2-12-19-17-11-7-6-10-16(17)15-9-5-3-4-8-14(15)13-18/h6-7,10-11,14-15H,2-5,8-9,12-13,18H2,1H3. The molecule has 1 fully saturated rings. The Bertz CT molecular complexity index is 377. The smallest absolute Gasteiger partial charge is 0.122 e. The lowest BCUT2D eigenvalue weighted by Crippen LogP contribution is -2.21. The monoisotopic (exact) mass is 261 g/mol. The van der Waals surface area contributed by atoms with Crippen LogP contribution in [-0.4, -0.2) is 13.2 Å². The number of ether oxygens (including phenoxy) is 1. The predicted molar refractivity (Wildman–Crippen MR) is 80.6 cm³/mol. The van der Waals surface area contributed by atoms with Crippen molar-refractivity contribution < 1.29 is 4.74 Å². The molecule has 2 N–H and O–H groups in total. The van der Waals surface area contributed by atoms with Gasteiger partial charge in [0.05, 0.1) is 6.61 Å². The first-order valence-electron chi connectivity index (χ1n) is 7.78. The molecule has 1 aromatic rings. The highest BCUT2D eigenvalue weighted by Gasteiger charge is 2.26. The third-order valence-electron chi connectivity index (χ3n) is 4.24. The van der Waals surface area contributed by atoms with Crippen LogP contribution in [0.25, 0.3) is 0 Å². The molecule has 2 unspecified atom stereocenters. The van der Waals surface area contributed by atoms with E-state index in [0.29, 0.717) is 11.8 Å². The quantitative estimate of drug-likeness (QED) is 0.810. The van der Waals surface area contributed by atoms with Crippen LogP contribution in [0.2, 0.25) is 0 Å². The summed E-state index contributed by atoms with van der Waals surface area (Å²) in [7, 11) is 0. The molecule has 0 amide bonds. The number of hydrogen-bond donors (Lipinski definition) is 1. The van der Waals surface area contributed by atoms with Gasteiger partial charge in [-0.3, -0.25) is 0 Å². The van der Waals surface area contributed by atoms with Gasteiger partial charge in [-0.1, -0.05) is 44.4 Å². The summed E-state index contributed by atoms with van der Waals surface area (Å²) in [6, 6.07) is 8.56. The van der Waals surface area contributed by atoms with Gasteiger partial charge in [-0.25, -0.2) is 0 Å². The number of rotatable bonds is 5. The molecule has 106 valence electrons. The van der Waals surface area contributed by atoms with E-state index in [1.165, 1.54) is 37.7 Å². The maximum Gasteiger partial charge on any atom is 0.122 e. The topological polar surface area (TPSA) is 35.2 Å². The zero-order valence-electron chi connectivity index (χ0n) is 12.1. The Kier molecular flexibility index (Phi) is 5.71. The van der Waals surface area contributed by atoms with E-state index >= 15 is 0 Å². The van der Waals surface area contributed by atoms with E-state index in [-0.39, 0.29) is 0 Å². The van der Waals surface area contributed by atoms with Crippen LogP contribution in [0.15, 0.2) is 24.3 Å². The van der Waals surface area contributed by atoms with Gasteiger partial charge in [0.15, 0.2) is 0 Å². The van der Waals surface area contributed by atoms with Crippen molar-refractivity contribution in [1.82, 2.24) is 0 Å². The molecule has 0 aromatic heterocycles. The lowest BCUT2D eigenvalue weighted by atomic mass is 9.82. The van der Waals surface area contributed by atoms with Crippen LogP contribution in [0.3, 0.4) is 0 Å². The van der Waals surface area contributed by atoms with Gasteiger partial charge in [-0.05, 0) is 49.3 Å². The number of hydrogen-bond acceptors (Lipinski definition) is 2. The summed E-state index contributed by atoms with van der Waals surface area (Å²) in [5.74, 6) is 2.28. The Morgan fingerprint density at radius 2 is 1.95 bits per heavy atom. The molecule has 2 nitrogen and oxygen atoms in total. The molecule has 19 heavy (non-hydrogen) atoms. The zero-order valence-corrected chi connectivity index (χ0v) is 12.1. The average molecular weight is 261 g/mol. The molecular weight excluding hydrogens is 234 g/mol. The normalized spacial score (nSPS) is 23.9. The van der Waals surface area contributed by atoms with E-state index in [0.717, 1.165) is 25.3 Å². The van der Waals surface area contributed by atoms with Gasteiger partial charge < -0.3 is 10.5 Å². The molecule has 0 radical (unpaired) electrons. The Hall–Kier alpha value is -1.02. The molecule has 0 saturated heterocycles. The second kappa shape index (κ2) is 7.54. The Balaban J connectivity index is 2.21. The molecule has 0 heterocycles. The van der Waals surface area contributed by atoms with Gasteiger partial charge in [0.25, 0.3) is 0 Å². The molecule has 2 rings (SSSR count). The highest BCUT2D eigenvalue weighted by molar-refractivity contribution is 5.37. The van der Waals surface area contributed by atoms with Gasteiger partial charge in [-0.15, -0.1) is 0 Å². The Labute approximate surface area is 117 Å². The Morgan fingerprint density at radius 3 is 2.74 bits per heavy atom. The van der Waals surface area contributed by atoms with Crippen molar-refractivity contribution in [2.75, 3.05) is 13.2 Å². The van der Waals surface area contributed by atoms with Crippen molar-refractivity contribution in [3.63, 3.8) is 0 Å². The fraction of sp³-hybridized carbons (Fsp3) is 0.647. The summed E-state index contributed by atoms with van der Waals surface area (Å²) in [6.45, 7) is 3.75. The third kappa shape index (κ3) is 3.73. The van der Waals surface area contributed by atoms with E-state index in [9.17, 15) is 0 Å². The number of para-hydroxylation sites is 1. The van der Waals surface area contributed by atoms with Gasteiger partial charge in [0.1, 0.15) is 5.75 Å². The highest BCUT2D eigenvalue weighted by Crippen LogP contribution is 2.39. The van der Waals surface area contributed by atoms with Crippen LogP contribution in [0.5, 0.6) is 5.75 Å². The van der Waals surface area contributed by atoms with E-state index in [2.05, 4.69) is 31.2 Å². The molecule has 1 aromatic carbocycles. The molecule has 0 aliphatic heterocycles. The molecule has 0 bridgehead atoms. The molecule has 1 aliphatic rings. The van der Waals surface area contributed by atoms with Crippen molar-refractivity contribution in [2.45, 2.75) is 51.4 Å². The van der Waals surface area contributed by atoms with Crippen molar-refractivity contribution in [3.05, 3.63) is 29.8 Å². The average Bonchev–Trinajstić information content (AvgIpc) is 2.70. The SMILES string of the molecule is CCCOc1ccccc1C1CCCCCC1CN. The van der Waals surface area contributed by atoms with E-state index in [1.807, 2.05) is 0 Å². The Morgan fingerprint density at radius 1 is 1.16 bits per heavy atom. The van der Waals surface area contributed by atoms with E-state index < -0.39 is 0 Å². The fourth-order valence-electron chi connectivity index (χ4n) is 3.21. The summed E-state index contributed by atoms with van der Waals surface area (Å²) < 4.78 is 5.93. The van der Waals surface area contributed by atoms with Crippen LogP contribution in [0.4, 0.5) is 0 Å². The van der Waals surface area contributed by atoms with Gasteiger partial charge in [0.2, 0.25) is 0 Å². The summed E-state index contributed by atoms with van der Waals surface area (Å²) >= 11 is 0. The van der Waals surface area contributed by atoms with E-state index in [4.69, 9.17) is 10.5 Å². The maximum atomic E-state index is 6.01. The second-order valence-corrected chi connectivity index (χ2v) is 5.63. The maximum absolute atomic E-state index is 6.01. The largest absolute Gasteiger partial charge is 0.493 e. The van der Waals surface area contributed by atoms with E-state index in [1.54, 1.807) is 0 Å². The van der Waals surface area contributed by atoms with Crippen LogP contribution in [-0.2, 0) is 0 Å². The van der Waals surface area contributed by atoms with Crippen LogP contribution in [0, 0.1) is 5.92 Å². The first kappa shape index (κ1) is 14.4. The minimum atomic E-state index is 0.584. The minimum Gasteiger partial charge on any atom is -0.493 e. The summed E-state index contributed by atoms with van der Waals surface area (Å²) in [4.78, 5) is 0. The second-order valence-electron chi connectivity index (χ2n) is 5.63. The van der Waals surface area contributed by atoms with Crippen LogP contribution in [0.1, 0.15) is 56.9 Å². The zero-order chi connectivity index (χ0) is 13.5. The lowest BCUT2D eigenvalue weighted by Gasteiger charge is -2.26. The highest BCUT2D eigenvalue weighted by atomic mass is 16.5. The summed E-state index contributed by atoms with van der Waals surface area (Å²) in [5.41, 5.74) is 7.39. The fourth-order valence-corrected chi connectivity index (χ4v) is 3.21. The van der Waals surface area contributed by atoms with Gasteiger partial charge >= 0.3 is 0 Å². The van der Waals surface area contributed by atoms with Crippen molar-refractivity contribution in [2.24, 2.45) is 11.7 Å². The lowest BCUT2D eigenvalue weighted by molar-refractivity contribution is 0.304. The molecule has 2 heteroatoms.